The van der Waals surface area contributed by atoms with Gasteiger partial charge in [0.1, 0.15) is 5.75 Å². The van der Waals surface area contributed by atoms with Crippen molar-refractivity contribution in [3.8, 4) is 5.75 Å². The number of aromatic nitrogens is 4. The molecule has 0 aliphatic carbocycles. The predicted molar refractivity (Wildman–Crippen MR) is 118 cm³/mol. The minimum atomic E-state index is -0.602. The van der Waals surface area contributed by atoms with E-state index in [0.717, 1.165) is 22.8 Å². The SMILES string of the molecule is COc1ccc(Nc2nc(Nc3ccc4cnn(CCCO)c4c3)ncc2F)cc1Cl. The number of benzene rings is 2. The topological polar surface area (TPSA) is 97.1 Å². The summed E-state index contributed by atoms with van der Waals surface area (Å²) in [7, 11) is 1.52. The third-order valence-electron chi connectivity index (χ3n) is 4.59. The van der Waals surface area contributed by atoms with Gasteiger partial charge in [-0.05, 0) is 42.8 Å². The van der Waals surface area contributed by atoms with Crippen LogP contribution < -0.4 is 15.4 Å². The minimum absolute atomic E-state index is 0.00722. The van der Waals surface area contributed by atoms with Crippen LogP contribution in [0.1, 0.15) is 6.42 Å². The fraction of sp³-hybridized carbons (Fsp3) is 0.190. The van der Waals surface area contributed by atoms with Crippen molar-refractivity contribution >= 4 is 45.6 Å². The molecule has 0 fully saturated rings. The first-order valence-electron chi connectivity index (χ1n) is 9.54. The summed E-state index contributed by atoms with van der Waals surface area (Å²) in [6.07, 6.45) is 3.47. The van der Waals surface area contributed by atoms with Crippen molar-refractivity contribution in [3.63, 3.8) is 0 Å². The summed E-state index contributed by atoms with van der Waals surface area (Å²) in [6.45, 7) is 0.701. The minimum Gasteiger partial charge on any atom is -0.495 e. The van der Waals surface area contributed by atoms with Gasteiger partial charge in [0.2, 0.25) is 5.95 Å². The van der Waals surface area contributed by atoms with Gasteiger partial charge in [-0.1, -0.05) is 11.6 Å². The number of hydrogen-bond donors (Lipinski definition) is 3. The van der Waals surface area contributed by atoms with Crippen LogP contribution in [-0.4, -0.2) is 38.6 Å². The highest BCUT2D eigenvalue weighted by atomic mass is 35.5. The first-order valence-corrected chi connectivity index (χ1v) is 9.91. The van der Waals surface area contributed by atoms with E-state index >= 15 is 0 Å². The molecule has 0 saturated carbocycles. The average molecular weight is 443 g/mol. The predicted octanol–water partition coefficient (Wildman–Crippen LogP) is 4.50. The Morgan fingerprint density at radius 1 is 1.13 bits per heavy atom. The molecule has 160 valence electrons. The summed E-state index contributed by atoms with van der Waals surface area (Å²) in [6, 6.07) is 10.7. The second-order valence-electron chi connectivity index (χ2n) is 6.71. The maximum atomic E-state index is 14.3. The summed E-state index contributed by atoms with van der Waals surface area (Å²) in [5.74, 6) is 0.151. The van der Waals surface area contributed by atoms with E-state index in [1.165, 1.54) is 7.11 Å². The highest BCUT2D eigenvalue weighted by Crippen LogP contribution is 2.29. The van der Waals surface area contributed by atoms with Crippen molar-refractivity contribution in [1.82, 2.24) is 19.7 Å². The zero-order chi connectivity index (χ0) is 21.8. The van der Waals surface area contributed by atoms with Crippen LogP contribution in [0.5, 0.6) is 5.75 Å². The number of halogens is 2. The molecule has 4 aromatic rings. The van der Waals surface area contributed by atoms with Gasteiger partial charge < -0.3 is 20.5 Å². The number of aliphatic hydroxyl groups excluding tert-OH is 1. The normalized spacial score (nSPS) is 11.0. The van der Waals surface area contributed by atoms with Crippen LogP contribution in [0.3, 0.4) is 0 Å². The number of hydrogen-bond acceptors (Lipinski definition) is 7. The Balaban J connectivity index is 1.56. The Kier molecular flexibility index (Phi) is 6.15. The summed E-state index contributed by atoms with van der Waals surface area (Å²) in [5.41, 5.74) is 2.19. The highest BCUT2D eigenvalue weighted by Gasteiger charge is 2.10. The van der Waals surface area contributed by atoms with Crippen molar-refractivity contribution in [2.45, 2.75) is 13.0 Å². The number of aryl methyl sites for hydroxylation is 1. The lowest BCUT2D eigenvalue weighted by Crippen LogP contribution is -2.04. The number of rotatable bonds is 8. The molecule has 3 N–H and O–H groups in total. The van der Waals surface area contributed by atoms with Crippen LogP contribution in [0.2, 0.25) is 5.02 Å². The molecule has 0 radical (unpaired) electrons. The third-order valence-corrected chi connectivity index (χ3v) is 4.88. The fourth-order valence-corrected chi connectivity index (χ4v) is 3.33. The van der Waals surface area contributed by atoms with E-state index in [2.05, 4.69) is 25.7 Å². The molecule has 10 heteroatoms. The van der Waals surface area contributed by atoms with Crippen LogP contribution in [0.25, 0.3) is 10.9 Å². The van der Waals surface area contributed by atoms with E-state index in [4.69, 9.17) is 21.4 Å². The lowest BCUT2D eigenvalue weighted by molar-refractivity contribution is 0.278. The van der Waals surface area contributed by atoms with Gasteiger partial charge in [-0.25, -0.2) is 9.37 Å². The number of aliphatic hydroxyl groups is 1. The van der Waals surface area contributed by atoms with E-state index in [0.29, 0.717) is 29.4 Å². The van der Waals surface area contributed by atoms with Crippen LogP contribution >= 0.6 is 11.6 Å². The van der Waals surface area contributed by atoms with Gasteiger partial charge in [-0.15, -0.1) is 0 Å². The largest absolute Gasteiger partial charge is 0.495 e. The van der Waals surface area contributed by atoms with Gasteiger partial charge in [0.05, 0.1) is 30.0 Å². The molecular formula is C21H20ClFN6O2. The van der Waals surface area contributed by atoms with Crippen molar-refractivity contribution < 1.29 is 14.2 Å². The first kappa shape index (κ1) is 20.8. The van der Waals surface area contributed by atoms with Crippen LogP contribution in [0.4, 0.5) is 27.5 Å². The van der Waals surface area contributed by atoms with E-state index < -0.39 is 5.82 Å². The molecule has 0 unspecified atom stereocenters. The molecule has 0 atom stereocenters. The Hall–Kier alpha value is -3.43. The highest BCUT2D eigenvalue weighted by molar-refractivity contribution is 6.32. The zero-order valence-electron chi connectivity index (χ0n) is 16.6. The molecule has 0 bridgehead atoms. The Labute approximate surface area is 182 Å². The van der Waals surface area contributed by atoms with Crippen molar-refractivity contribution in [2.75, 3.05) is 24.4 Å². The number of nitrogens with one attached hydrogen (secondary N) is 2. The summed E-state index contributed by atoms with van der Waals surface area (Å²) >= 11 is 6.13. The molecule has 0 spiro atoms. The molecule has 2 aromatic heterocycles. The standard InChI is InChI=1S/C21H20ClFN6O2/c1-31-19-6-5-14(9-16(19)22)26-20-17(23)12-24-21(28-20)27-15-4-3-13-11-25-29(7-2-8-30)18(13)10-15/h3-6,9-12,30H,2,7-8H2,1H3,(H2,24,26,27,28). The molecule has 0 saturated heterocycles. The van der Waals surface area contributed by atoms with Gasteiger partial charge in [-0.2, -0.15) is 10.1 Å². The molecule has 31 heavy (non-hydrogen) atoms. The summed E-state index contributed by atoms with van der Waals surface area (Å²) in [4.78, 5) is 8.26. The van der Waals surface area contributed by atoms with Gasteiger partial charge in [0, 0.05) is 29.9 Å². The van der Waals surface area contributed by atoms with Crippen molar-refractivity contribution in [1.29, 1.82) is 0 Å². The third kappa shape index (κ3) is 4.68. The number of nitrogens with zero attached hydrogens (tertiary/aromatic N) is 4. The van der Waals surface area contributed by atoms with Gasteiger partial charge in [-0.3, -0.25) is 4.68 Å². The van der Waals surface area contributed by atoms with Crippen LogP contribution in [-0.2, 0) is 6.54 Å². The van der Waals surface area contributed by atoms with Gasteiger partial charge >= 0.3 is 0 Å². The molecule has 0 aliphatic heterocycles. The van der Waals surface area contributed by atoms with E-state index in [9.17, 15) is 4.39 Å². The molecule has 2 heterocycles. The maximum absolute atomic E-state index is 14.3. The lowest BCUT2D eigenvalue weighted by atomic mass is 10.2. The molecule has 8 nitrogen and oxygen atoms in total. The Bertz CT molecular complexity index is 1220. The molecular weight excluding hydrogens is 423 g/mol. The Morgan fingerprint density at radius 2 is 1.94 bits per heavy atom. The van der Waals surface area contributed by atoms with Gasteiger partial charge in [0.15, 0.2) is 11.6 Å². The summed E-state index contributed by atoms with van der Waals surface area (Å²) < 4.78 is 21.2. The molecule has 2 aromatic carbocycles. The molecule has 0 amide bonds. The van der Waals surface area contributed by atoms with E-state index in [1.807, 2.05) is 22.9 Å². The smallest absolute Gasteiger partial charge is 0.229 e. The quantitative estimate of drug-likeness (QED) is 0.369. The number of anilines is 4. The number of ether oxygens (including phenoxy) is 1. The maximum Gasteiger partial charge on any atom is 0.229 e. The number of fused-ring (bicyclic) bond motifs is 1. The average Bonchev–Trinajstić information content (AvgIpc) is 3.17. The monoisotopic (exact) mass is 442 g/mol. The van der Waals surface area contributed by atoms with Crippen LogP contribution in [0, 0.1) is 5.82 Å². The fourth-order valence-electron chi connectivity index (χ4n) is 3.07. The second kappa shape index (κ2) is 9.15. The zero-order valence-corrected chi connectivity index (χ0v) is 17.4. The Morgan fingerprint density at radius 3 is 2.71 bits per heavy atom. The second-order valence-corrected chi connectivity index (χ2v) is 7.12. The van der Waals surface area contributed by atoms with Crippen molar-refractivity contribution in [3.05, 3.63) is 59.6 Å². The van der Waals surface area contributed by atoms with Crippen molar-refractivity contribution in [2.24, 2.45) is 0 Å². The molecule has 4 rings (SSSR count). The van der Waals surface area contributed by atoms with E-state index in [1.54, 1.807) is 24.4 Å². The molecule has 0 aliphatic rings. The van der Waals surface area contributed by atoms with Crippen LogP contribution in [0.15, 0.2) is 48.8 Å². The lowest BCUT2D eigenvalue weighted by Gasteiger charge is -2.11. The summed E-state index contributed by atoms with van der Waals surface area (Å²) in [5, 5.41) is 20.8. The first-order chi connectivity index (χ1) is 15.1. The number of methoxy groups -OCH3 is 1. The van der Waals surface area contributed by atoms with Gasteiger partial charge in [0.25, 0.3) is 0 Å². The van der Waals surface area contributed by atoms with E-state index in [-0.39, 0.29) is 18.4 Å².